The van der Waals surface area contributed by atoms with E-state index in [1.807, 2.05) is 33.3 Å². The van der Waals surface area contributed by atoms with Gasteiger partial charge in [-0.1, -0.05) is 0 Å². The van der Waals surface area contributed by atoms with Crippen LogP contribution in [0, 0.1) is 10.1 Å². The average molecular weight is 365 g/mol. The minimum Gasteiger partial charge on any atom is -0.463 e. The Kier molecular flexibility index (Phi) is 3.54. The Morgan fingerprint density at radius 3 is 2.56 bits per heavy atom. The number of hydrogen-bond acceptors (Lipinski definition) is 5. The molecule has 0 aliphatic carbocycles. The molecular weight excluding hydrogens is 342 g/mol. The summed E-state index contributed by atoms with van der Waals surface area (Å²) in [5, 5.41) is 11.1. The highest BCUT2D eigenvalue weighted by Gasteiger charge is 2.57. The molecule has 0 radical (unpaired) electrons. The maximum atomic E-state index is 11.1. The van der Waals surface area contributed by atoms with Crippen LogP contribution in [0.2, 0.25) is 0 Å². The Bertz CT molecular complexity index is 981. The Morgan fingerprint density at radius 1 is 1.15 bits per heavy atom. The predicted octanol–water partition coefficient (Wildman–Crippen LogP) is 4.19. The van der Waals surface area contributed by atoms with Crippen molar-refractivity contribution in [2.45, 2.75) is 25.0 Å². The van der Waals surface area contributed by atoms with Gasteiger partial charge in [-0.3, -0.25) is 10.1 Å². The van der Waals surface area contributed by atoms with Crippen molar-refractivity contribution in [2.75, 3.05) is 30.9 Å². The smallest absolute Gasteiger partial charge is 0.270 e. The van der Waals surface area contributed by atoms with E-state index in [1.165, 1.54) is 11.6 Å². The van der Waals surface area contributed by atoms with E-state index >= 15 is 0 Å². The third-order valence-electron chi connectivity index (χ3n) is 5.88. The number of rotatable bonds is 2. The van der Waals surface area contributed by atoms with Crippen molar-refractivity contribution in [3.05, 3.63) is 63.7 Å². The van der Waals surface area contributed by atoms with Gasteiger partial charge in [-0.15, -0.1) is 0 Å². The molecule has 6 heteroatoms. The zero-order chi connectivity index (χ0) is 19.6. The minimum atomic E-state index is -0.691. The van der Waals surface area contributed by atoms with E-state index < -0.39 is 5.72 Å². The summed E-state index contributed by atoms with van der Waals surface area (Å²) in [6.45, 7) is 4.35. The van der Waals surface area contributed by atoms with E-state index in [-0.39, 0.29) is 16.0 Å². The number of hydrogen-bond donors (Lipinski definition) is 0. The lowest BCUT2D eigenvalue weighted by molar-refractivity contribution is -0.384. The molecule has 1 unspecified atom stereocenters. The molecule has 0 N–H and O–H groups in total. The van der Waals surface area contributed by atoms with Crippen molar-refractivity contribution in [3.8, 4) is 5.75 Å². The van der Waals surface area contributed by atoms with Crippen LogP contribution in [0.3, 0.4) is 0 Å². The monoisotopic (exact) mass is 365 g/mol. The van der Waals surface area contributed by atoms with Gasteiger partial charge >= 0.3 is 0 Å². The fourth-order valence-corrected chi connectivity index (χ4v) is 4.18. The first-order valence-electron chi connectivity index (χ1n) is 8.90. The third kappa shape index (κ3) is 2.25. The van der Waals surface area contributed by atoms with Crippen LogP contribution in [0.15, 0.2) is 42.5 Å². The lowest BCUT2D eigenvalue weighted by Crippen LogP contribution is -2.58. The first-order chi connectivity index (χ1) is 12.7. The Hall–Kier alpha value is -3.02. The Labute approximate surface area is 158 Å². The van der Waals surface area contributed by atoms with Crippen molar-refractivity contribution < 1.29 is 9.66 Å². The van der Waals surface area contributed by atoms with E-state index in [1.54, 1.807) is 12.1 Å². The van der Waals surface area contributed by atoms with E-state index in [4.69, 9.17) is 4.74 Å². The van der Waals surface area contributed by atoms with Gasteiger partial charge in [-0.25, -0.2) is 0 Å². The number of ether oxygens (including phenoxy) is 1. The van der Waals surface area contributed by atoms with E-state index in [2.05, 4.69) is 41.8 Å². The van der Waals surface area contributed by atoms with Crippen LogP contribution in [0.4, 0.5) is 17.1 Å². The van der Waals surface area contributed by atoms with Crippen LogP contribution in [0.5, 0.6) is 5.75 Å². The third-order valence-corrected chi connectivity index (χ3v) is 5.88. The Morgan fingerprint density at radius 2 is 1.89 bits per heavy atom. The summed E-state index contributed by atoms with van der Waals surface area (Å²) in [6, 6.07) is 11.2. The number of fused-ring (bicyclic) bond motifs is 2. The van der Waals surface area contributed by atoms with E-state index in [0.29, 0.717) is 5.75 Å². The summed E-state index contributed by atoms with van der Waals surface area (Å²) in [5.41, 5.74) is 3.26. The molecule has 4 rings (SSSR count). The highest BCUT2D eigenvalue weighted by molar-refractivity contribution is 5.75. The molecule has 0 amide bonds. The number of nitro benzene ring substituents is 1. The molecule has 2 aliphatic rings. The maximum Gasteiger partial charge on any atom is 0.270 e. The van der Waals surface area contributed by atoms with Crippen molar-refractivity contribution in [1.29, 1.82) is 0 Å². The van der Waals surface area contributed by atoms with Crippen molar-refractivity contribution >= 4 is 23.1 Å². The normalized spacial score (nSPS) is 21.6. The van der Waals surface area contributed by atoms with Gasteiger partial charge in [0.05, 0.1) is 10.3 Å². The fourth-order valence-electron chi connectivity index (χ4n) is 4.18. The zero-order valence-electron chi connectivity index (χ0n) is 16.2. The van der Waals surface area contributed by atoms with Crippen molar-refractivity contribution in [2.24, 2.45) is 0 Å². The molecule has 0 saturated heterocycles. The molecular formula is C21H23N3O3. The predicted molar refractivity (Wildman–Crippen MR) is 108 cm³/mol. The van der Waals surface area contributed by atoms with Crippen LogP contribution in [0.1, 0.15) is 25.0 Å². The second-order valence-electron chi connectivity index (χ2n) is 7.89. The van der Waals surface area contributed by atoms with Crippen LogP contribution in [-0.2, 0) is 5.41 Å². The molecule has 2 aliphatic heterocycles. The highest BCUT2D eigenvalue weighted by atomic mass is 16.6. The highest BCUT2D eigenvalue weighted by Crippen LogP contribution is 2.55. The molecule has 140 valence electrons. The maximum absolute atomic E-state index is 11.1. The summed E-state index contributed by atoms with van der Waals surface area (Å²) in [6.07, 6.45) is 3.96. The molecule has 2 heterocycles. The van der Waals surface area contributed by atoms with Gasteiger partial charge in [0.15, 0.2) is 0 Å². The molecule has 0 bridgehead atoms. The zero-order valence-corrected chi connectivity index (χ0v) is 16.2. The van der Waals surface area contributed by atoms with Gasteiger partial charge in [0.2, 0.25) is 5.72 Å². The van der Waals surface area contributed by atoms with Crippen LogP contribution in [-0.4, -0.2) is 31.8 Å². The number of nitro groups is 1. The molecule has 6 nitrogen and oxygen atoms in total. The number of likely N-dealkylation sites (N-methyl/N-ethyl adjacent to an activating group) is 1. The summed E-state index contributed by atoms with van der Waals surface area (Å²) in [7, 11) is 6.09. The number of non-ortho nitro benzene ring substituents is 1. The fraction of sp³-hybridized carbons (Fsp3) is 0.333. The van der Waals surface area contributed by atoms with Crippen molar-refractivity contribution in [1.82, 2.24) is 0 Å². The van der Waals surface area contributed by atoms with E-state index in [9.17, 15) is 10.1 Å². The SMILES string of the molecule is CN(C)c1ccc2c(c1)C(C)(C)C1(C=Cc3cc([N+](=O)[O-])ccc3O1)N2C. The molecule has 2 aromatic rings. The largest absolute Gasteiger partial charge is 0.463 e. The van der Waals surface area contributed by atoms with Crippen LogP contribution >= 0.6 is 0 Å². The molecule has 0 saturated carbocycles. The number of nitrogens with zero attached hydrogens (tertiary/aromatic N) is 3. The first kappa shape index (κ1) is 17.4. The second kappa shape index (κ2) is 5.49. The van der Waals surface area contributed by atoms with Gasteiger partial charge in [0.25, 0.3) is 5.69 Å². The van der Waals surface area contributed by atoms with Gasteiger partial charge < -0.3 is 14.5 Å². The number of benzene rings is 2. The standard InChI is InChI=1S/C21H23N3O3/c1-20(2)17-13-15(22(3)4)6-8-18(17)23(5)21(20)11-10-14-12-16(24(25)26)7-9-19(14)27-21/h6-13H,1-5H3. The number of anilines is 2. The minimum absolute atomic E-state index is 0.0656. The Balaban J connectivity index is 1.82. The lowest BCUT2D eigenvalue weighted by atomic mass is 9.76. The van der Waals surface area contributed by atoms with E-state index in [0.717, 1.165) is 16.9 Å². The molecule has 0 aromatic heterocycles. The van der Waals surface area contributed by atoms with Gasteiger partial charge in [0.1, 0.15) is 5.75 Å². The second-order valence-corrected chi connectivity index (χ2v) is 7.89. The van der Waals surface area contributed by atoms with Gasteiger partial charge in [-0.05, 0) is 55.8 Å². The summed E-state index contributed by atoms with van der Waals surface area (Å²) >= 11 is 0. The van der Waals surface area contributed by atoms with Gasteiger partial charge in [-0.2, -0.15) is 0 Å². The molecule has 27 heavy (non-hydrogen) atoms. The topological polar surface area (TPSA) is 58.9 Å². The summed E-state index contributed by atoms with van der Waals surface area (Å²) in [4.78, 5) is 14.9. The summed E-state index contributed by atoms with van der Waals surface area (Å²) < 4.78 is 6.53. The van der Waals surface area contributed by atoms with Gasteiger partial charge in [0, 0.05) is 50.2 Å². The quantitative estimate of drug-likeness (QED) is 0.590. The molecule has 2 aromatic carbocycles. The first-order valence-corrected chi connectivity index (χ1v) is 8.90. The molecule has 1 atom stereocenters. The van der Waals surface area contributed by atoms with Crippen LogP contribution < -0.4 is 14.5 Å². The molecule has 0 fully saturated rings. The van der Waals surface area contributed by atoms with Crippen LogP contribution in [0.25, 0.3) is 6.08 Å². The van der Waals surface area contributed by atoms with Crippen molar-refractivity contribution in [3.63, 3.8) is 0 Å². The summed E-state index contributed by atoms with van der Waals surface area (Å²) in [5.74, 6) is 0.656. The molecule has 1 spiro atoms. The lowest BCUT2D eigenvalue weighted by Gasteiger charge is -2.45. The average Bonchev–Trinajstić information content (AvgIpc) is 2.79.